The maximum absolute atomic E-state index is 12.0. The molecule has 182 valence electrons. The lowest BCUT2D eigenvalue weighted by atomic mass is 10.1. The fourth-order valence-corrected chi connectivity index (χ4v) is 3.12. The Labute approximate surface area is 213 Å². The predicted octanol–water partition coefficient (Wildman–Crippen LogP) is 3.80. The monoisotopic (exact) mass is 571 g/mol. The van der Waals surface area contributed by atoms with Crippen LogP contribution in [0.4, 0.5) is 0 Å². The SMILES string of the molecule is CCOc1ccc(CCNC(=NC)NCc2ccc(OC)c(C(=O)OC)c2)cc1OCC.I. The molecule has 0 unspecified atom stereocenters. The van der Waals surface area contributed by atoms with Crippen LogP contribution in [-0.2, 0) is 17.7 Å². The van der Waals surface area contributed by atoms with Gasteiger partial charge >= 0.3 is 5.97 Å². The van der Waals surface area contributed by atoms with Crippen LogP contribution in [0.1, 0.15) is 35.3 Å². The van der Waals surface area contributed by atoms with Gasteiger partial charge in [-0.05, 0) is 55.7 Å². The van der Waals surface area contributed by atoms with E-state index in [1.54, 1.807) is 19.2 Å². The van der Waals surface area contributed by atoms with Crippen molar-refractivity contribution >= 4 is 35.9 Å². The van der Waals surface area contributed by atoms with Crippen molar-refractivity contribution in [2.24, 2.45) is 4.99 Å². The van der Waals surface area contributed by atoms with Crippen molar-refractivity contribution in [1.29, 1.82) is 0 Å². The van der Waals surface area contributed by atoms with E-state index in [0.717, 1.165) is 29.0 Å². The zero-order valence-corrected chi connectivity index (χ0v) is 22.2. The maximum atomic E-state index is 12.0. The molecule has 0 heterocycles. The van der Waals surface area contributed by atoms with Gasteiger partial charge in [0.1, 0.15) is 11.3 Å². The molecular weight excluding hydrogens is 537 g/mol. The number of methoxy groups -OCH3 is 2. The minimum absolute atomic E-state index is 0. The van der Waals surface area contributed by atoms with E-state index < -0.39 is 5.97 Å². The number of carbonyl (C=O) groups is 1. The summed E-state index contributed by atoms with van der Waals surface area (Å²) < 4.78 is 21.4. The van der Waals surface area contributed by atoms with E-state index in [-0.39, 0.29) is 24.0 Å². The fraction of sp³-hybridized carbons (Fsp3) is 0.417. The van der Waals surface area contributed by atoms with E-state index >= 15 is 0 Å². The van der Waals surface area contributed by atoms with Crippen LogP contribution >= 0.6 is 24.0 Å². The number of nitrogens with one attached hydrogen (secondary N) is 2. The van der Waals surface area contributed by atoms with Crippen molar-refractivity contribution in [3.63, 3.8) is 0 Å². The van der Waals surface area contributed by atoms with Gasteiger partial charge in [0.15, 0.2) is 17.5 Å². The van der Waals surface area contributed by atoms with Gasteiger partial charge in [-0.2, -0.15) is 0 Å². The maximum Gasteiger partial charge on any atom is 0.341 e. The molecule has 0 amide bonds. The Balaban J connectivity index is 0.00000544. The number of hydrogen-bond acceptors (Lipinski definition) is 6. The summed E-state index contributed by atoms with van der Waals surface area (Å²) in [4.78, 5) is 16.2. The molecule has 0 spiro atoms. The summed E-state index contributed by atoms with van der Waals surface area (Å²) >= 11 is 0. The van der Waals surface area contributed by atoms with E-state index in [1.807, 2.05) is 38.1 Å². The fourth-order valence-electron chi connectivity index (χ4n) is 3.12. The lowest BCUT2D eigenvalue weighted by Gasteiger charge is -2.15. The van der Waals surface area contributed by atoms with Gasteiger partial charge in [-0.1, -0.05) is 12.1 Å². The van der Waals surface area contributed by atoms with Crippen LogP contribution in [-0.4, -0.2) is 53.0 Å². The van der Waals surface area contributed by atoms with Gasteiger partial charge in [0.2, 0.25) is 0 Å². The largest absolute Gasteiger partial charge is 0.496 e. The van der Waals surface area contributed by atoms with Gasteiger partial charge in [-0.25, -0.2) is 4.79 Å². The molecule has 9 heteroatoms. The molecule has 2 aromatic rings. The van der Waals surface area contributed by atoms with Crippen molar-refractivity contribution in [3.05, 3.63) is 53.1 Å². The number of halogens is 1. The zero-order valence-electron chi connectivity index (χ0n) is 19.9. The highest BCUT2D eigenvalue weighted by atomic mass is 127. The van der Waals surface area contributed by atoms with E-state index in [9.17, 15) is 4.79 Å². The van der Waals surface area contributed by atoms with Gasteiger partial charge in [0.25, 0.3) is 0 Å². The van der Waals surface area contributed by atoms with Crippen molar-refractivity contribution in [2.75, 3.05) is 41.0 Å². The number of hydrogen-bond donors (Lipinski definition) is 2. The molecule has 0 atom stereocenters. The smallest absolute Gasteiger partial charge is 0.341 e. The van der Waals surface area contributed by atoms with E-state index in [0.29, 0.717) is 43.6 Å². The third-order valence-corrected chi connectivity index (χ3v) is 4.67. The van der Waals surface area contributed by atoms with Gasteiger partial charge in [0.05, 0.1) is 27.4 Å². The second-order valence-electron chi connectivity index (χ2n) is 6.78. The summed E-state index contributed by atoms with van der Waals surface area (Å²) in [5.41, 5.74) is 2.43. The molecule has 2 N–H and O–H groups in total. The number of rotatable bonds is 11. The molecule has 33 heavy (non-hydrogen) atoms. The molecule has 0 aromatic heterocycles. The standard InChI is InChI=1S/C24H33N3O5.HI/c1-6-31-21-11-8-17(15-22(21)32-7-2)12-13-26-24(25-3)27-16-18-9-10-20(29-4)19(14-18)23(28)30-5;/h8-11,14-15H,6-7,12-13,16H2,1-5H3,(H2,25,26,27);1H. The van der Waals surface area contributed by atoms with Crippen molar-refractivity contribution in [1.82, 2.24) is 10.6 Å². The Morgan fingerprint density at radius 2 is 1.58 bits per heavy atom. The average Bonchev–Trinajstić information content (AvgIpc) is 2.82. The van der Waals surface area contributed by atoms with E-state index in [4.69, 9.17) is 18.9 Å². The normalized spacial score (nSPS) is 10.6. The summed E-state index contributed by atoms with van der Waals surface area (Å²) in [6.45, 7) is 6.27. The second-order valence-corrected chi connectivity index (χ2v) is 6.78. The van der Waals surface area contributed by atoms with Gasteiger partial charge in [0, 0.05) is 20.1 Å². The van der Waals surface area contributed by atoms with Crippen LogP contribution in [0.3, 0.4) is 0 Å². The molecule has 0 fully saturated rings. The van der Waals surface area contributed by atoms with Crippen LogP contribution in [0.2, 0.25) is 0 Å². The second kappa shape index (κ2) is 15.2. The molecule has 0 aliphatic carbocycles. The summed E-state index contributed by atoms with van der Waals surface area (Å²) in [7, 11) is 4.58. The van der Waals surface area contributed by atoms with Crippen LogP contribution < -0.4 is 24.8 Å². The zero-order chi connectivity index (χ0) is 23.3. The van der Waals surface area contributed by atoms with Gasteiger partial charge in [-0.15, -0.1) is 24.0 Å². The Kier molecular flexibility index (Phi) is 13.1. The van der Waals surface area contributed by atoms with E-state index in [1.165, 1.54) is 14.2 Å². The molecule has 2 aromatic carbocycles. The predicted molar refractivity (Wildman–Crippen MR) is 140 cm³/mol. The summed E-state index contributed by atoms with van der Waals surface area (Å²) in [6.07, 6.45) is 0.794. The van der Waals surface area contributed by atoms with Crippen LogP contribution in [0.5, 0.6) is 17.2 Å². The molecule has 0 saturated carbocycles. The number of esters is 1. The summed E-state index contributed by atoms with van der Waals surface area (Å²) in [6, 6.07) is 11.4. The Bertz CT molecular complexity index is 921. The topological polar surface area (TPSA) is 90.4 Å². The first-order valence-electron chi connectivity index (χ1n) is 10.6. The molecule has 0 bridgehead atoms. The summed E-state index contributed by atoms with van der Waals surface area (Å²) in [5.74, 6) is 2.22. The molecular formula is C24H34IN3O5. The van der Waals surface area contributed by atoms with Crippen LogP contribution in [0.15, 0.2) is 41.4 Å². The number of nitrogens with zero attached hydrogens (tertiary/aromatic N) is 1. The Morgan fingerprint density at radius 1 is 0.909 bits per heavy atom. The number of carbonyl (C=O) groups excluding carboxylic acids is 1. The molecule has 2 rings (SSSR count). The first-order valence-corrected chi connectivity index (χ1v) is 10.6. The molecule has 0 aliphatic heterocycles. The van der Waals surface area contributed by atoms with Gasteiger partial charge in [-0.3, -0.25) is 4.99 Å². The molecule has 8 nitrogen and oxygen atoms in total. The van der Waals surface area contributed by atoms with Gasteiger partial charge < -0.3 is 29.6 Å². The third-order valence-electron chi connectivity index (χ3n) is 4.67. The lowest BCUT2D eigenvalue weighted by molar-refractivity contribution is 0.0597. The van der Waals surface area contributed by atoms with E-state index in [2.05, 4.69) is 15.6 Å². The highest BCUT2D eigenvalue weighted by Gasteiger charge is 2.13. The van der Waals surface area contributed by atoms with Crippen LogP contribution in [0.25, 0.3) is 0 Å². The average molecular weight is 571 g/mol. The number of aliphatic imine (C=N–C) groups is 1. The Hall–Kier alpha value is -2.69. The minimum Gasteiger partial charge on any atom is -0.496 e. The van der Waals surface area contributed by atoms with Crippen molar-refractivity contribution in [2.45, 2.75) is 26.8 Å². The summed E-state index contributed by atoms with van der Waals surface area (Å²) in [5, 5.41) is 6.55. The number of ether oxygens (including phenoxy) is 4. The molecule has 0 aliphatic rings. The third kappa shape index (κ3) is 8.64. The minimum atomic E-state index is -0.437. The first-order chi connectivity index (χ1) is 15.6. The quantitative estimate of drug-likeness (QED) is 0.184. The van der Waals surface area contributed by atoms with Crippen molar-refractivity contribution in [3.8, 4) is 17.2 Å². The first kappa shape index (κ1) is 28.3. The highest BCUT2D eigenvalue weighted by Crippen LogP contribution is 2.28. The molecule has 0 radical (unpaired) electrons. The van der Waals surface area contributed by atoms with Crippen LogP contribution in [0, 0.1) is 0 Å². The number of guanidine groups is 1. The molecule has 0 saturated heterocycles. The van der Waals surface area contributed by atoms with Crippen molar-refractivity contribution < 1.29 is 23.7 Å². The lowest BCUT2D eigenvalue weighted by Crippen LogP contribution is -2.37. The number of benzene rings is 2. The highest BCUT2D eigenvalue weighted by molar-refractivity contribution is 14.0. The Morgan fingerprint density at radius 3 is 2.21 bits per heavy atom.